The van der Waals surface area contributed by atoms with E-state index in [0.717, 1.165) is 37.9 Å². The van der Waals surface area contributed by atoms with Gasteiger partial charge in [0.25, 0.3) is 0 Å². The first-order valence-corrected chi connectivity index (χ1v) is 7.56. The molecular weight excluding hydrogens is 270 g/mol. The van der Waals surface area contributed by atoms with Crippen LogP contribution in [-0.4, -0.2) is 43.6 Å². The molecule has 0 spiro atoms. The molecule has 5 heteroatoms. The van der Waals surface area contributed by atoms with E-state index in [1.54, 1.807) is 13.8 Å². The maximum Gasteiger partial charge on any atom is 0.339 e. The molecule has 0 radical (unpaired) electrons. The Morgan fingerprint density at radius 2 is 1.81 bits per heavy atom. The standard InChI is InChI=1S/C16H25NO4/c1-4-20-15(18)11-10-13(16(19)21-5-2)14-9-7-6-8-12-17(14)3/h10-11H,4-9,12H2,1-3H3/b11-10+,14-13-. The van der Waals surface area contributed by atoms with Gasteiger partial charge in [-0.25, -0.2) is 9.59 Å². The van der Waals surface area contributed by atoms with Crippen LogP contribution in [0.1, 0.15) is 39.5 Å². The smallest absolute Gasteiger partial charge is 0.339 e. The summed E-state index contributed by atoms with van der Waals surface area (Å²) in [5, 5.41) is 0. The molecule has 0 saturated carbocycles. The topological polar surface area (TPSA) is 55.8 Å². The summed E-state index contributed by atoms with van der Waals surface area (Å²) in [6.45, 7) is 5.05. The van der Waals surface area contributed by atoms with Crippen molar-refractivity contribution < 1.29 is 19.1 Å². The van der Waals surface area contributed by atoms with Crippen LogP contribution in [0.3, 0.4) is 0 Å². The highest BCUT2D eigenvalue weighted by Crippen LogP contribution is 2.23. The van der Waals surface area contributed by atoms with Gasteiger partial charge >= 0.3 is 11.9 Å². The third-order valence-electron chi connectivity index (χ3n) is 3.35. The molecule has 0 aromatic carbocycles. The van der Waals surface area contributed by atoms with Gasteiger partial charge in [-0.1, -0.05) is 6.42 Å². The zero-order chi connectivity index (χ0) is 15.7. The maximum atomic E-state index is 12.2. The Morgan fingerprint density at radius 1 is 1.10 bits per heavy atom. The molecule has 0 aromatic heterocycles. The van der Waals surface area contributed by atoms with Crippen molar-refractivity contribution in [3.8, 4) is 0 Å². The van der Waals surface area contributed by atoms with Gasteiger partial charge in [0.05, 0.1) is 18.8 Å². The molecule has 0 bridgehead atoms. The van der Waals surface area contributed by atoms with Gasteiger partial charge in [0.2, 0.25) is 0 Å². The summed E-state index contributed by atoms with van der Waals surface area (Å²) < 4.78 is 9.97. The van der Waals surface area contributed by atoms with Crippen molar-refractivity contribution in [2.45, 2.75) is 39.5 Å². The zero-order valence-corrected chi connectivity index (χ0v) is 13.2. The summed E-state index contributed by atoms with van der Waals surface area (Å²) in [4.78, 5) is 25.7. The quantitative estimate of drug-likeness (QED) is 0.576. The van der Waals surface area contributed by atoms with Gasteiger partial charge in [0.1, 0.15) is 0 Å². The van der Waals surface area contributed by atoms with E-state index < -0.39 is 5.97 Å². The number of hydrogen-bond donors (Lipinski definition) is 0. The van der Waals surface area contributed by atoms with Crippen LogP contribution in [-0.2, 0) is 19.1 Å². The van der Waals surface area contributed by atoms with Gasteiger partial charge in [-0.15, -0.1) is 0 Å². The Hall–Kier alpha value is -1.78. The molecule has 0 atom stereocenters. The van der Waals surface area contributed by atoms with Gasteiger partial charge in [-0.05, 0) is 39.2 Å². The van der Waals surface area contributed by atoms with Crippen molar-refractivity contribution in [1.82, 2.24) is 4.90 Å². The van der Waals surface area contributed by atoms with Crippen LogP contribution in [0.15, 0.2) is 23.4 Å². The Kier molecular flexibility index (Phi) is 7.58. The van der Waals surface area contributed by atoms with E-state index >= 15 is 0 Å². The fraction of sp³-hybridized carbons (Fsp3) is 0.625. The number of nitrogens with zero attached hydrogens (tertiary/aromatic N) is 1. The lowest BCUT2D eigenvalue weighted by Gasteiger charge is -2.22. The SMILES string of the molecule is CCOC(=O)/C=C/C(C(=O)OCC)=C1\CCCCCN1C. The number of carbonyl (C=O) groups excluding carboxylic acids is 2. The van der Waals surface area contributed by atoms with Crippen molar-refractivity contribution in [1.29, 1.82) is 0 Å². The minimum atomic E-state index is -0.448. The Morgan fingerprint density at radius 3 is 2.48 bits per heavy atom. The summed E-state index contributed by atoms with van der Waals surface area (Å²) >= 11 is 0. The predicted molar refractivity (Wildman–Crippen MR) is 80.5 cm³/mol. The number of likely N-dealkylation sites (tertiary alicyclic amines) is 1. The van der Waals surface area contributed by atoms with Crippen molar-refractivity contribution in [2.75, 3.05) is 26.8 Å². The highest BCUT2D eigenvalue weighted by molar-refractivity contribution is 5.94. The van der Waals surface area contributed by atoms with Crippen LogP contribution in [0.5, 0.6) is 0 Å². The van der Waals surface area contributed by atoms with Crippen LogP contribution in [0.4, 0.5) is 0 Å². The van der Waals surface area contributed by atoms with Crippen molar-refractivity contribution in [3.05, 3.63) is 23.4 Å². The molecule has 1 aliphatic rings. The molecule has 1 rings (SSSR count). The van der Waals surface area contributed by atoms with Gasteiger partial charge < -0.3 is 14.4 Å². The largest absolute Gasteiger partial charge is 0.463 e. The summed E-state index contributed by atoms with van der Waals surface area (Å²) in [5.41, 5.74) is 1.39. The van der Waals surface area contributed by atoms with Crippen LogP contribution >= 0.6 is 0 Å². The first-order chi connectivity index (χ1) is 10.1. The van der Waals surface area contributed by atoms with Crippen LogP contribution in [0.25, 0.3) is 0 Å². The minimum absolute atomic E-state index is 0.312. The number of esters is 2. The van der Waals surface area contributed by atoms with Crippen molar-refractivity contribution >= 4 is 11.9 Å². The Balaban J connectivity index is 3.04. The van der Waals surface area contributed by atoms with Crippen molar-refractivity contribution in [3.63, 3.8) is 0 Å². The number of rotatable bonds is 5. The fourth-order valence-corrected chi connectivity index (χ4v) is 2.32. The number of carbonyl (C=O) groups is 2. The average Bonchev–Trinajstić information content (AvgIpc) is 2.65. The normalized spacial score (nSPS) is 18.3. The van der Waals surface area contributed by atoms with Gasteiger partial charge in [-0.2, -0.15) is 0 Å². The molecule has 0 amide bonds. The van der Waals surface area contributed by atoms with E-state index in [-0.39, 0.29) is 5.97 Å². The third kappa shape index (κ3) is 5.61. The summed E-state index contributed by atoms with van der Waals surface area (Å²) in [5.74, 6) is -0.835. The monoisotopic (exact) mass is 295 g/mol. The molecule has 1 fully saturated rings. The third-order valence-corrected chi connectivity index (χ3v) is 3.35. The van der Waals surface area contributed by atoms with E-state index in [2.05, 4.69) is 4.90 Å². The van der Waals surface area contributed by atoms with E-state index in [0.29, 0.717) is 18.8 Å². The molecular formula is C16H25NO4. The van der Waals surface area contributed by atoms with Crippen LogP contribution < -0.4 is 0 Å². The molecule has 5 nitrogen and oxygen atoms in total. The Labute approximate surface area is 126 Å². The van der Waals surface area contributed by atoms with E-state index in [4.69, 9.17) is 9.47 Å². The predicted octanol–water partition coefficient (Wildman–Crippen LogP) is 2.43. The van der Waals surface area contributed by atoms with Crippen molar-refractivity contribution in [2.24, 2.45) is 0 Å². The molecule has 118 valence electrons. The second-order valence-corrected chi connectivity index (χ2v) is 4.90. The summed E-state index contributed by atoms with van der Waals surface area (Å²) in [6.07, 6.45) is 6.92. The van der Waals surface area contributed by atoms with Crippen LogP contribution in [0.2, 0.25) is 0 Å². The lowest BCUT2D eigenvalue weighted by molar-refractivity contribution is -0.138. The average molecular weight is 295 g/mol. The van der Waals surface area contributed by atoms with Gasteiger partial charge in [0.15, 0.2) is 0 Å². The molecule has 0 aromatic rings. The summed E-state index contributed by atoms with van der Waals surface area (Å²) in [6, 6.07) is 0. The maximum absolute atomic E-state index is 12.2. The fourth-order valence-electron chi connectivity index (χ4n) is 2.32. The Bertz CT molecular complexity index is 426. The molecule has 0 aliphatic carbocycles. The summed E-state index contributed by atoms with van der Waals surface area (Å²) in [7, 11) is 1.97. The second-order valence-electron chi connectivity index (χ2n) is 4.90. The molecule has 0 unspecified atom stereocenters. The zero-order valence-electron chi connectivity index (χ0n) is 13.2. The second kappa shape index (κ2) is 9.21. The molecule has 0 N–H and O–H groups in total. The lowest BCUT2D eigenvalue weighted by atomic mass is 10.1. The molecule has 1 aliphatic heterocycles. The molecule has 1 saturated heterocycles. The lowest BCUT2D eigenvalue weighted by Crippen LogP contribution is -2.22. The first kappa shape index (κ1) is 17.3. The van der Waals surface area contributed by atoms with E-state index in [9.17, 15) is 9.59 Å². The van der Waals surface area contributed by atoms with E-state index in [1.807, 2.05) is 7.05 Å². The minimum Gasteiger partial charge on any atom is -0.463 e. The number of ether oxygens (including phenoxy) is 2. The molecule has 1 heterocycles. The van der Waals surface area contributed by atoms with Crippen LogP contribution in [0, 0.1) is 0 Å². The number of hydrogen-bond acceptors (Lipinski definition) is 5. The van der Waals surface area contributed by atoms with Gasteiger partial charge in [0, 0.05) is 25.4 Å². The molecule has 21 heavy (non-hydrogen) atoms. The highest BCUT2D eigenvalue weighted by atomic mass is 16.5. The van der Waals surface area contributed by atoms with E-state index in [1.165, 1.54) is 12.2 Å². The van der Waals surface area contributed by atoms with Gasteiger partial charge in [-0.3, -0.25) is 0 Å². The highest BCUT2D eigenvalue weighted by Gasteiger charge is 2.19. The number of allylic oxidation sites excluding steroid dienone is 1. The first-order valence-electron chi connectivity index (χ1n) is 7.56.